The molecule has 0 saturated carbocycles. The Morgan fingerprint density at radius 2 is 2.19 bits per heavy atom. The highest BCUT2D eigenvalue weighted by Crippen LogP contribution is 2.24. The number of nitrogens with one attached hydrogen (secondary N) is 1. The van der Waals surface area contributed by atoms with E-state index >= 15 is 0 Å². The second-order valence-electron chi connectivity index (χ2n) is 7.53. The van der Waals surface area contributed by atoms with Gasteiger partial charge in [-0.3, -0.25) is 14.7 Å². The zero-order valence-electron chi connectivity index (χ0n) is 16.2. The first-order valence-electron chi connectivity index (χ1n) is 10.2. The highest BCUT2D eigenvalue weighted by atomic mass is 19.1. The Labute approximate surface area is 161 Å². The number of fused-ring (bicyclic) bond motifs is 1. The number of rotatable bonds is 8. The number of carbonyl (C=O) groups is 1. The minimum Gasteiger partial charge on any atom is -0.356 e. The first-order valence-corrected chi connectivity index (χ1v) is 10.2. The Bertz CT molecular complexity index is 764. The normalized spacial score (nSPS) is 17.9. The van der Waals surface area contributed by atoms with Crippen LogP contribution in [0.15, 0.2) is 30.5 Å². The van der Waals surface area contributed by atoms with Gasteiger partial charge < -0.3 is 5.32 Å². The standard InChI is InChI=1S/C22H30FN3O/c1-2-3-4-5-12-25-22(27)18-8-7-14-26(16-18)15-17-10-11-20(23)19-9-6-13-24-21(17)19/h6,9-11,13,18H,2-5,7-8,12,14-16H2,1H3,(H,25,27). The van der Waals surface area contributed by atoms with Crippen molar-refractivity contribution < 1.29 is 9.18 Å². The number of aromatic nitrogens is 1. The number of pyridine rings is 1. The summed E-state index contributed by atoms with van der Waals surface area (Å²) in [5, 5.41) is 3.67. The van der Waals surface area contributed by atoms with Crippen LogP contribution in [0.3, 0.4) is 0 Å². The summed E-state index contributed by atoms with van der Waals surface area (Å²) in [6.07, 6.45) is 8.34. The van der Waals surface area contributed by atoms with E-state index in [1.807, 2.05) is 6.07 Å². The van der Waals surface area contributed by atoms with Crippen LogP contribution in [0.5, 0.6) is 0 Å². The molecule has 2 heterocycles. The first kappa shape index (κ1) is 19.7. The van der Waals surface area contributed by atoms with E-state index in [4.69, 9.17) is 0 Å². The van der Waals surface area contributed by atoms with Gasteiger partial charge >= 0.3 is 0 Å². The number of amides is 1. The summed E-state index contributed by atoms with van der Waals surface area (Å²) < 4.78 is 14.0. The van der Waals surface area contributed by atoms with Gasteiger partial charge in [0.25, 0.3) is 0 Å². The Balaban J connectivity index is 1.57. The molecule has 1 atom stereocenters. The van der Waals surface area contributed by atoms with Crippen molar-refractivity contribution in [2.75, 3.05) is 19.6 Å². The Kier molecular flexibility index (Phi) is 7.16. The molecule has 0 radical (unpaired) electrons. The number of nitrogens with zero attached hydrogens (tertiary/aromatic N) is 2. The first-order chi connectivity index (χ1) is 13.2. The molecule has 1 fully saturated rings. The van der Waals surface area contributed by atoms with Gasteiger partial charge in [0.1, 0.15) is 5.82 Å². The molecule has 0 bridgehead atoms. The molecule has 146 valence electrons. The molecule has 1 aliphatic rings. The molecule has 0 aliphatic carbocycles. The van der Waals surface area contributed by atoms with Crippen molar-refractivity contribution in [2.24, 2.45) is 5.92 Å². The number of piperidine rings is 1. The van der Waals surface area contributed by atoms with Crippen molar-refractivity contribution in [1.82, 2.24) is 15.2 Å². The number of hydrogen-bond donors (Lipinski definition) is 1. The molecule has 1 aromatic heterocycles. The molecule has 1 N–H and O–H groups in total. The molecule has 0 spiro atoms. The fraction of sp³-hybridized carbons (Fsp3) is 0.545. The summed E-state index contributed by atoms with van der Waals surface area (Å²) in [6.45, 7) is 5.39. The van der Waals surface area contributed by atoms with Crippen molar-refractivity contribution in [3.05, 3.63) is 41.8 Å². The van der Waals surface area contributed by atoms with Crippen LogP contribution in [0.2, 0.25) is 0 Å². The summed E-state index contributed by atoms with van der Waals surface area (Å²) >= 11 is 0. The number of unbranched alkanes of at least 4 members (excludes halogenated alkanes) is 3. The quantitative estimate of drug-likeness (QED) is 0.705. The molecule has 1 amide bonds. The second-order valence-corrected chi connectivity index (χ2v) is 7.53. The lowest BCUT2D eigenvalue weighted by Gasteiger charge is -2.32. The summed E-state index contributed by atoms with van der Waals surface area (Å²) in [5.41, 5.74) is 1.74. The van der Waals surface area contributed by atoms with Crippen LogP contribution in [0, 0.1) is 11.7 Å². The van der Waals surface area contributed by atoms with Gasteiger partial charge in [-0.15, -0.1) is 0 Å². The number of likely N-dealkylation sites (tertiary alicyclic amines) is 1. The molecule has 5 heteroatoms. The van der Waals surface area contributed by atoms with Gasteiger partial charge in [-0.05, 0) is 49.6 Å². The highest BCUT2D eigenvalue weighted by molar-refractivity contribution is 5.82. The average Bonchev–Trinajstić information content (AvgIpc) is 2.70. The number of halogens is 1. The van der Waals surface area contributed by atoms with Crippen molar-refractivity contribution in [2.45, 2.75) is 52.0 Å². The van der Waals surface area contributed by atoms with E-state index in [2.05, 4.69) is 22.1 Å². The highest BCUT2D eigenvalue weighted by Gasteiger charge is 2.26. The molecule has 4 nitrogen and oxygen atoms in total. The third-order valence-electron chi connectivity index (χ3n) is 5.40. The monoisotopic (exact) mass is 371 g/mol. The van der Waals surface area contributed by atoms with Crippen LogP contribution in [-0.2, 0) is 11.3 Å². The zero-order valence-corrected chi connectivity index (χ0v) is 16.2. The lowest BCUT2D eigenvalue weighted by molar-refractivity contribution is -0.126. The van der Waals surface area contributed by atoms with Crippen molar-refractivity contribution in [3.63, 3.8) is 0 Å². The van der Waals surface area contributed by atoms with Crippen LogP contribution in [0.1, 0.15) is 51.0 Å². The molecular formula is C22H30FN3O. The van der Waals surface area contributed by atoms with E-state index < -0.39 is 0 Å². The maximum atomic E-state index is 14.0. The molecular weight excluding hydrogens is 341 g/mol. The summed E-state index contributed by atoms with van der Waals surface area (Å²) in [7, 11) is 0. The summed E-state index contributed by atoms with van der Waals surface area (Å²) in [4.78, 5) is 19.2. The molecule has 1 unspecified atom stereocenters. The molecule has 2 aromatic rings. The van der Waals surface area contributed by atoms with Gasteiger partial charge in [-0.2, -0.15) is 0 Å². The largest absolute Gasteiger partial charge is 0.356 e. The van der Waals surface area contributed by atoms with Gasteiger partial charge in [0.05, 0.1) is 11.4 Å². The SMILES string of the molecule is CCCCCCNC(=O)C1CCCN(Cc2ccc(F)c3cccnc23)C1. The smallest absolute Gasteiger partial charge is 0.224 e. The Morgan fingerprint density at radius 1 is 1.30 bits per heavy atom. The average molecular weight is 372 g/mol. The van der Waals surface area contributed by atoms with Crippen molar-refractivity contribution in [3.8, 4) is 0 Å². The van der Waals surface area contributed by atoms with Crippen LogP contribution in [0.4, 0.5) is 4.39 Å². The third-order valence-corrected chi connectivity index (χ3v) is 5.40. The minimum absolute atomic E-state index is 0.0459. The minimum atomic E-state index is -0.235. The number of hydrogen-bond acceptors (Lipinski definition) is 3. The van der Waals surface area contributed by atoms with E-state index in [0.29, 0.717) is 11.9 Å². The maximum absolute atomic E-state index is 14.0. The van der Waals surface area contributed by atoms with Gasteiger partial charge in [-0.25, -0.2) is 4.39 Å². The zero-order chi connectivity index (χ0) is 19.1. The lowest BCUT2D eigenvalue weighted by atomic mass is 9.96. The molecule has 1 aliphatic heterocycles. The second kappa shape index (κ2) is 9.79. The molecule has 1 saturated heterocycles. The Morgan fingerprint density at radius 3 is 3.04 bits per heavy atom. The predicted octanol–water partition coefficient (Wildman–Crippen LogP) is 4.28. The predicted molar refractivity (Wildman–Crippen MR) is 107 cm³/mol. The molecule has 3 rings (SSSR count). The van der Waals surface area contributed by atoms with E-state index in [1.165, 1.54) is 25.3 Å². The molecule has 1 aromatic carbocycles. The fourth-order valence-corrected chi connectivity index (χ4v) is 3.89. The summed E-state index contributed by atoms with van der Waals surface area (Å²) in [5.74, 6) is -0.0105. The van der Waals surface area contributed by atoms with Crippen LogP contribution < -0.4 is 5.32 Å². The van der Waals surface area contributed by atoms with E-state index in [9.17, 15) is 9.18 Å². The fourth-order valence-electron chi connectivity index (χ4n) is 3.89. The van der Waals surface area contributed by atoms with Gasteiger partial charge in [0.15, 0.2) is 0 Å². The van der Waals surface area contributed by atoms with Crippen LogP contribution in [-0.4, -0.2) is 35.4 Å². The van der Waals surface area contributed by atoms with Crippen molar-refractivity contribution >= 4 is 16.8 Å². The van der Waals surface area contributed by atoms with Crippen molar-refractivity contribution in [1.29, 1.82) is 0 Å². The van der Waals surface area contributed by atoms with Gasteiger partial charge in [-0.1, -0.05) is 32.3 Å². The topological polar surface area (TPSA) is 45.2 Å². The van der Waals surface area contributed by atoms with E-state index in [0.717, 1.165) is 50.0 Å². The van der Waals surface area contributed by atoms with Gasteiger partial charge in [0, 0.05) is 31.2 Å². The number of benzene rings is 1. The van der Waals surface area contributed by atoms with Gasteiger partial charge in [0.2, 0.25) is 5.91 Å². The van der Waals surface area contributed by atoms with Crippen LogP contribution in [0.25, 0.3) is 10.9 Å². The molecule has 27 heavy (non-hydrogen) atoms. The van der Waals surface area contributed by atoms with E-state index in [1.54, 1.807) is 18.3 Å². The van der Waals surface area contributed by atoms with Crippen LogP contribution >= 0.6 is 0 Å². The van der Waals surface area contributed by atoms with E-state index in [-0.39, 0.29) is 17.6 Å². The summed E-state index contributed by atoms with van der Waals surface area (Å²) in [6, 6.07) is 6.87. The Hall–Kier alpha value is -2.01. The maximum Gasteiger partial charge on any atom is 0.224 e. The third kappa shape index (κ3) is 5.25. The lowest BCUT2D eigenvalue weighted by Crippen LogP contribution is -2.42. The number of carbonyl (C=O) groups excluding carboxylic acids is 1.